The molecule has 2 amide bonds. The van der Waals surface area contributed by atoms with E-state index in [1.807, 2.05) is 24.3 Å². The molecule has 29 heavy (non-hydrogen) atoms. The van der Waals surface area contributed by atoms with Gasteiger partial charge in [0.05, 0.1) is 6.42 Å². The number of aromatic nitrogens is 1. The second-order valence-electron chi connectivity index (χ2n) is 8.08. The lowest BCUT2D eigenvalue weighted by atomic mass is 9.89. The maximum absolute atomic E-state index is 13.0. The van der Waals surface area contributed by atoms with Crippen LogP contribution in [0.3, 0.4) is 0 Å². The van der Waals surface area contributed by atoms with Gasteiger partial charge >= 0.3 is 0 Å². The van der Waals surface area contributed by atoms with Gasteiger partial charge in [-0.3, -0.25) is 14.5 Å². The van der Waals surface area contributed by atoms with Gasteiger partial charge in [-0.25, -0.2) is 0 Å². The number of imide groups is 1. The molecule has 0 radical (unpaired) electrons. The molecular formula is C24H25N3O2. The van der Waals surface area contributed by atoms with Gasteiger partial charge in [0.25, 0.3) is 5.91 Å². The average Bonchev–Trinajstić information content (AvgIpc) is 3.13. The summed E-state index contributed by atoms with van der Waals surface area (Å²) < 4.78 is 0. The fraction of sp³-hybridized carbons (Fsp3) is 0.333. The Hall–Kier alpha value is -2.92. The third-order valence-electron chi connectivity index (χ3n) is 6.40. The molecule has 1 fully saturated rings. The van der Waals surface area contributed by atoms with Crippen molar-refractivity contribution in [3.63, 3.8) is 0 Å². The lowest BCUT2D eigenvalue weighted by Gasteiger charge is -2.34. The number of hydrogen-bond donors (Lipinski definition) is 1. The van der Waals surface area contributed by atoms with Crippen LogP contribution < -0.4 is 0 Å². The molecule has 0 aliphatic carbocycles. The average molecular weight is 387 g/mol. The van der Waals surface area contributed by atoms with E-state index in [0.717, 1.165) is 48.9 Å². The molecule has 2 aliphatic heterocycles. The van der Waals surface area contributed by atoms with E-state index in [1.165, 1.54) is 10.5 Å². The number of rotatable bonds is 4. The molecule has 1 N–H and O–H groups in total. The largest absolute Gasteiger partial charge is 0.350 e. The molecule has 0 bridgehead atoms. The third kappa shape index (κ3) is 3.36. The molecule has 0 saturated carbocycles. The third-order valence-corrected chi connectivity index (χ3v) is 6.40. The Balaban J connectivity index is 1.23. The summed E-state index contributed by atoms with van der Waals surface area (Å²) in [5.41, 5.74) is 3.76. The van der Waals surface area contributed by atoms with E-state index < -0.39 is 0 Å². The molecule has 5 heteroatoms. The van der Waals surface area contributed by atoms with Crippen LogP contribution in [-0.2, 0) is 11.2 Å². The van der Waals surface area contributed by atoms with Crippen molar-refractivity contribution in [2.75, 3.05) is 26.2 Å². The standard InChI is InChI=1S/C24H25N3O2/c28-22-16-20-19-8-4-5-9-21(19)25-23(20)24(29)27(22)15-14-26-12-10-18(11-13-26)17-6-2-1-3-7-17/h1-9,18,25H,10-16H2. The molecule has 0 unspecified atom stereocenters. The molecule has 1 saturated heterocycles. The highest BCUT2D eigenvalue weighted by Crippen LogP contribution is 2.29. The molecule has 3 aromatic rings. The van der Waals surface area contributed by atoms with E-state index in [1.54, 1.807) is 0 Å². The summed E-state index contributed by atoms with van der Waals surface area (Å²) in [7, 11) is 0. The zero-order valence-corrected chi connectivity index (χ0v) is 16.4. The van der Waals surface area contributed by atoms with Crippen LogP contribution in [0, 0.1) is 0 Å². The maximum Gasteiger partial charge on any atom is 0.277 e. The van der Waals surface area contributed by atoms with Crippen molar-refractivity contribution in [1.29, 1.82) is 0 Å². The zero-order chi connectivity index (χ0) is 19.8. The Labute approximate surface area is 170 Å². The first-order valence-electron chi connectivity index (χ1n) is 10.4. The molecule has 5 rings (SSSR count). The first kappa shape index (κ1) is 18.1. The summed E-state index contributed by atoms with van der Waals surface area (Å²) in [5.74, 6) is 0.331. The van der Waals surface area contributed by atoms with Crippen molar-refractivity contribution in [3.05, 3.63) is 71.4 Å². The number of nitrogens with one attached hydrogen (secondary N) is 1. The number of benzene rings is 2. The highest BCUT2D eigenvalue weighted by molar-refractivity contribution is 6.12. The van der Waals surface area contributed by atoms with Crippen LogP contribution in [0.1, 0.15) is 40.4 Å². The molecule has 5 nitrogen and oxygen atoms in total. The summed E-state index contributed by atoms with van der Waals surface area (Å²) in [6.07, 6.45) is 2.54. The van der Waals surface area contributed by atoms with E-state index in [0.29, 0.717) is 24.6 Å². The smallest absolute Gasteiger partial charge is 0.277 e. The minimum absolute atomic E-state index is 0.0913. The Kier molecular flexibility index (Phi) is 4.68. The second kappa shape index (κ2) is 7.48. The number of para-hydroxylation sites is 1. The van der Waals surface area contributed by atoms with Crippen LogP contribution in [-0.4, -0.2) is 52.8 Å². The van der Waals surface area contributed by atoms with Crippen LogP contribution in [0.15, 0.2) is 54.6 Å². The molecule has 0 atom stereocenters. The summed E-state index contributed by atoms with van der Waals surface area (Å²) >= 11 is 0. The zero-order valence-electron chi connectivity index (χ0n) is 16.4. The van der Waals surface area contributed by atoms with Crippen molar-refractivity contribution in [2.45, 2.75) is 25.2 Å². The van der Waals surface area contributed by atoms with Gasteiger partial charge in [0.1, 0.15) is 5.69 Å². The van der Waals surface area contributed by atoms with Gasteiger partial charge < -0.3 is 9.88 Å². The number of hydrogen-bond acceptors (Lipinski definition) is 3. The summed E-state index contributed by atoms with van der Waals surface area (Å²) in [4.78, 5) is 32.7. The highest BCUT2D eigenvalue weighted by Gasteiger charge is 2.34. The fourth-order valence-electron chi connectivity index (χ4n) is 4.74. The minimum atomic E-state index is -0.188. The summed E-state index contributed by atoms with van der Waals surface area (Å²) in [6.45, 7) is 3.22. The van der Waals surface area contributed by atoms with Crippen LogP contribution in [0.25, 0.3) is 10.9 Å². The van der Waals surface area contributed by atoms with Gasteiger partial charge in [-0.15, -0.1) is 0 Å². The van der Waals surface area contributed by atoms with Gasteiger partial charge in [0.15, 0.2) is 0 Å². The van der Waals surface area contributed by atoms with E-state index in [4.69, 9.17) is 0 Å². The van der Waals surface area contributed by atoms with Crippen molar-refractivity contribution in [1.82, 2.24) is 14.8 Å². The number of carbonyl (C=O) groups excluding carboxylic acids is 2. The fourth-order valence-corrected chi connectivity index (χ4v) is 4.74. The molecule has 3 heterocycles. The number of nitrogens with zero attached hydrogens (tertiary/aromatic N) is 2. The lowest BCUT2D eigenvalue weighted by Crippen LogP contribution is -2.47. The molecule has 2 aromatic carbocycles. The van der Waals surface area contributed by atoms with E-state index in [2.05, 4.69) is 40.2 Å². The monoisotopic (exact) mass is 387 g/mol. The Morgan fingerprint density at radius 1 is 0.897 bits per heavy atom. The maximum atomic E-state index is 13.0. The number of amides is 2. The van der Waals surface area contributed by atoms with Crippen LogP contribution in [0.4, 0.5) is 0 Å². The van der Waals surface area contributed by atoms with E-state index >= 15 is 0 Å². The predicted octanol–water partition coefficient (Wildman–Crippen LogP) is 3.57. The van der Waals surface area contributed by atoms with E-state index in [-0.39, 0.29) is 11.8 Å². The van der Waals surface area contributed by atoms with Crippen molar-refractivity contribution < 1.29 is 9.59 Å². The normalized spacial score (nSPS) is 18.4. The molecule has 148 valence electrons. The molecular weight excluding hydrogens is 362 g/mol. The van der Waals surface area contributed by atoms with Crippen molar-refractivity contribution in [3.8, 4) is 0 Å². The van der Waals surface area contributed by atoms with Gasteiger partial charge in [-0.1, -0.05) is 48.5 Å². The first-order chi connectivity index (χ1) is 14.2. The summed E-state index contributed by atoms with van der Waals surface area (Å²) in [6, 6.07) is 18.5. The molecule has 0 spiro atoms. The molecule has 1 aromatic heterocycles. The Bertz CT molecular complexity index is 1050. The van der Waals surface area contributed by atoms with Gasteiger partial charge in [-0.2, -0.15) is 0 Å². The van der Waals surface area contributed by atoms with Crippen molar-refractivity contribution >= 4 is 22.7 Å². The van der Waals surface area contributed by atoms with Gasteiger partial charge in [-0.05, 0) is 49.0 Å². The number of carbonyl (C=O) groups is 2. The van der Waals surface area contributed by atoms with Crippen LogP contribution >= 0.6 is 0 Å². The topological polar surface area (TPSA) is 56.4 Å². The first-order valence-corrected chi connectivity index (χ1v) is 10.4. The van der Waals surface area contributed by atoms with E-state index in [9.17, 15) is 9.59 Å². The van der Waals surface area contributed by atoms with Crippen molar-refractivity contribution in [2.24, 2.45) is 0 Å². The quantitative estimate of drug-likeness (QED) is 0.697. The summed E-state index contributed by atoms with van der Waals surface area (Å²) in [5, 5.41) is 0.979. The highest BCUT2D eigenvalue weighted by atomic mass is 16.2. The number of likely N-dealkylation sites (tertiary alicyclic amines) is 1. The Morgan fingerprint density at radius 3 is 2.41 bits per heavy atom. The van der Waals surface area contributed by atoms with Crippen LogP contribution in [0.5, 0.6) is 0 Å². The number of aromatic amines is 1. The number of fused-ring (bicyclic) bond motifs is 3. The minimum Gasteiger partial charge on any atom is -0.350 e. The lowest BCUT2D eigenvalue weighted by molar-refractivity contribution is -0.128. The number of piperidine rings is 1. The predicted molar refractivity (Wildman–Crippen MR) is 113 cm³/mol. The molecule has 2 aliphatic rings. The number of H-pyrrole nitrogens is 1. The SMILES string of the molecule is O=C1Cc2c([nH]c3ccccc23)C(=O)N1CCN1CCC(c2ccccc2)CC1. The van der Waals surface area contributed by atoms with Gasteiger partial charge in [0, 0.05) is 24.0 Å². The van der Waals surface area contributed by atoms with Crippen LogP contribution in [0.2, 0.25) is 0 Å². The second-order valence-corrected chi connectivity index (χ2v) is 8.08. The Morgan fingerprint density at radius 2 is 1.62 bits per heavy atom. The van der Waals surface area contributed by atoms with Gasteiger partial charge in [0.2, 0.25) is 5.91 Å².